The van der Waals surface area contributed by atoms with Crippen molar-refractivity contribution in [2.45, 2.75) is 0 Å². The third-order valence-electron chi connectivity index (χ3n) is 4.72. The minimum Gasteiger partial charge on any atom is -0.0616 e. The Morgan fingerprint density at radius 1 is 0.458 bits per heavy atom. The summed E-state index contributed by atoms with van der Waals surface area (Å²) in [7, 11) is 0. The van der Waals surface area contributed by atoms with E-state index in [1.807, 2.05) is 0 Å². The van der Waals surface area contributed by atoms with E-state index in [2.05, 4.69) is 97.1 Å². The molecular weight excluding hydrogens is 288 g/mol. The van der Waals surface area contributed by atoms with Crippen LogP contribution in [-0.2, 0) is 0 Å². The average molecular weight is 303 g/mol. The van der Waals surface area contributed by atoms with Gasteiger partial charge >= 0.3 is 0 Å². The van der Waals surface area contributed by atoms with E-state index in [0.717, 1.165) is 0 Å². The molecule has 0 amide bonds. The van der Waals surface area contributed by atoms with E-state index < -0.39 is 0 Å². The molecule has 1 radical (unpaired) electrons. The third-order valence-corrected chi connectivity index (χ3v) is 4.72. The Balaban J connectivity index is 1.90. The van der Waals surface area contributed by atoms with Crippen LogP contribution in [0.3, 0.4) is 0 Å². The molecule has 0 fully saturated rings. The normalized spacial score (nSPS) is 11.3. The monoisotopic (exact) mass is 303 g/mol. The van der Waals surface area contributed by atoms with Gasteiger partial charge in [-0.05, 0) is 55.6 Å². The van der Waals surface area contributed by atoms with Crippen LogP contribution in [0, 0.1) is 6.07 Å². The Kier molecular flexibility index (Phi) is 2.89. The number of rotatable bonds is 1. The van der Waals surface area contributed by atoms with Gasteiger partial charge in [-0.1, -0.05) is 84.9 Å². The SMILES string of the molecule is [c]1c2ccccc2cc2c(-c3cccc4ccccc34)cccc12. The average Bonchev–Trinajstić information content (AvgIpc) is 2.65. The van der Waals surface area contributed by atoms with Crippen molar-refractivity contribution in [3.05, 3.63) is 97.1 Å². The standard InChI is InChI=1S/C24H15/c1-2-9-19-16-24-20(15-18(19)8-1)11-6-14-23(24)22-13-5-10-17-7-3-4-12-21(17)22/h1-14,16H. The molecule has 24 heavy (non-hydrogen) atoms. The van der Waals surface area contributed by atoms with Gasteiger partial charge in [0.15, 0.2) is 0 Å². The van der Waals surface area contributed by atoms with Crippen LogP contribution in [0.1, 0.15) is 0 Å². The lowest BCUT2D eigenvalue weighted by atomic mass is 9.92. The van der Waals surface area contributed by atoms with E-state index in [4.69, 9.17) is 0 Å². The van der Waals surface area contributed by atoms with Crippen molar-refractivity contribution in [1.82, 2.24) is 0 Å². The zero-order valence-electron chi connectivity index (χ0n) is 13.2. The highest BCUT2D eigenvalue weighted by Crippen LogP contribution is 2.35. The van der Waals surface area contributed by atoms with Crippen LogP contribution in [0.4, 0.5) is 0 Å². The summed E-state index contributed by atoms with van der Waals surface area (Å²) < 4.78 is 0. The van der Waals surface area contributed by atoms with E-state index in [1.165, 1.54) is 43.4 Å². The topological polar surface area (TPSA) is 0 Å². The van der Waals surface area contributed by atoms with Crippen LogP contribution >= 0.6 is 0 Å². The van der Waals surface area contributed by atoms with Gasteiger partial charge < -0.3 is 0 Å². The zero-order valence-corrected chi connectivity index (χ0v) is 13.2. The molecule has 0 spiro atoms. The highest BCUT2D eigenvalue weighted by Gasteiger charge is 2.08. The van der Waals surface area contributed by atoms with Gasteiger partial charge in [0.05, 0.1) is 0 Å². The fourth-order valence-corrected chi connectivity index (χ4v) is 3.56. The summed E-state index contributed by atoms with van der Waals surface area (Å²) in [5.74, 6) is 0. The second-order valence-electron chi connectivity index (χ2n) is 6.15. The van der Waals surface area contributed by atoms with Crippen LogP contribution in [0.5, 0.6) is 0 Å². The molecule has 0 unspecified atom stereocenters. The second-order valence-corrected chi connectivity index (χ2v) is 6.15. The smallest absolute Gasteiger partial charge is 0.00141 e. The van der Waals surface area contributed by atoms with E-state index in [0.29, 0.717) is 0 Å². The van der Waals surface area contributed by atoms with Crippen LogP contribution in [0.25, 0.3) is 43.4 Å². The molecule has 0 aromatic heterocycles. The van der Waals surface area contributed by atoms with Gasteiger partial charge in [0.1, 0.15) is 0 Å². The predicted octanol–water partition coefficient (Wildman–Crippen LogP) is 6.61. The molecule has 0 aliphatic carbocycles. The number of hydrogen-bond acceptors (Lipinski definition) is 0. The zero-order chi connectivity index (χ0) is 15.9. The minimum atomic E-state index is 1.17. The van der Waals surface area contributed by atoms with Crippen LogP contribution < -0.4 is 0 Å². The number of hydrogen-bond donors (Lipinski definition) is 0. The van der Waals surface area contributed by atoms with Gasteiger partial charge in [-0.25, -0.2) is 0 Å². The maximum atomic E-state index is 3.57. The Morgan fingerprint density at radius 2 is 1.08 bits per heavy atom. The maximum absolute atomic E-state index is 3.57. The molecule has 0 N–H and O–H groups in total. The van der Waals surface area contributed by atoms with Crippen molar-refractivity contribution in [3.8, 4) is 11.1 Å². The molecule has 0 nitrogen and oxygen atoms in total. The largest absolute Gasteiger partial charge is 0.0616 e. The molecule has 0 saturated carbocycles. The molecule has 0 saturated heterocycles. The summed E-state index contributed by atoms with van der Waals surface area (Å²) in [4.78, 5) is 0. The molecule has 0 bridgehead atoms. The van der Waals surface area contributed by atoms with Crippen molar-refractivity contribution < 1.29 is 0 Å². The molecule has 5 aromatic rings. The van der Waals surface area contributed by atoms with E-state index >= 15 is 0 Å². The summed E-state index contributed by atoms with van der Waals surface area (Å²) in [6.45, 7) is 0. The molecule has 0 heterocycles. The van der Waals surface area contributed by atoms with Crippen molar-refractivity contribution >= 4 is 32.3 Å². The first-order valence-corrected chi connectivity index (χ1v) is 8.22. The molecule has 0 aliphatic heterocycles. The van der Waals surface area contributed by atoms with Crippen LogP contribution in [0.2, 0.25) is 0 Å². The molecular formula is C24H15. The Labute approximate surface area is 141 Å². The lowest BCUT2D eigenvalue weighted by Crippen LogP contribution is -1.85. The summed E-state index contributed by atoms with van der Waals surface area (Å²) in [6.07, 6.45) is 0. The Morgan fingerprint density at radius 3 is 2.00 bits per heavy atom. The quantitative estimate of drug-likeness (QED) is 0.305. The van der Waals surface area contributed by atoms with Crippen molar-refractivity contribution in [2.24, 2.45) is 0 Å². The lowest BCUT2D eigenvalue weighted by Gasteiger charge is -2.11. The van der Waals surface area contributed by atoms with Gasteiger partial charge in [0, 0.05) is 0 Å². The predicted molar refractivity (Wildman–Crippen MR) is 103 cm³/mol. The van der Waals surface area contributed by atoms with Gasteiger partial charge in [-0.15, -0.1) is 0 Å². The number of benzene rings is 5. The van der Waals surface area contributed by atoms with Gasteiger partial charge in [-0.3, -0.25) is 0 Å². The molecule has 5 aromatic carbocycles. The summed E-state index contributed by atoms with van der Waals surface area (Å²) in [5, 5.41) is 7.39. The molecule has 0 aliphatic rings. The fraction of sp³-hybridized carbons (Fsp3) is 0. The van der Waals surface area contributed by atoms with Crippen molar-refractivity contribution in [3.63, 3.8) is 0 Å². The first kappa shape index (κ1) is 13.3. The van der Waals surface area contributed by atoms with Gasteiger partial charge in [0.25, 0.3) is 0 Å². The molecule has 5 rings (SSSR count). The molecule has 0 atom stereocenters. The maximum Gasteiger partial charge on any atom is -0.00141 e. The van der Waals surface area contributed by atoms with Crippen molar-refractivity contribution in [1.29, 1.82) is 0 Å². The first-order valence-electron chi connectivity index (χ1n) is 8.22. The van der Waals surface area contributed by atoms with E-state index in [-0.39, 0.29) is 0 Å². The second kappa shape index (κ2) is 5.21. The van der Waals surface area contributed by atoms with Gasteiger partial charge in [-0.2, -0.15) is 0 Å². The third kappa shape index (κ3) is 2.00. The summed E-state index contributed by atoms with van der Waals surface area (Å²) in [5.41, 5.74) is 2.55. The first-order chi connectivity index (χ1) is 11.9. The summed E-state index contributed by atoms with van der Waals surface area (Å²) >= 11 is 0. The summed E-state index contributed by atoms with van der Waals surface area (Å²) in [6, 6.07) is 35.9. The van der Waals surface area contributed by atoms with Crippen molar-refractivity contribution in [2.75, 3.05) is 0 Å². The Hall–Kier alpha value is -3.12. The van der Waals surface area contributed by atoms with Gasteiger partial charge in [0.2, 0.25) is 0 Å². The molecule has 111 valence electrons. The van der Waals surface area contributed by atoms with Crippen LogP contribution in [0.15, 0.2) is 91.0 Å². The fourth-order valence-electron chi connectivity index (χ4n) is 3.56. The van der Waals surface area contributed by atoms with E-state index in [9.17, 15) is 0 Å². The van der Waals surface area contributed by atoms with Crippen LogP contribution in [-0.4, -0.2) is 0 Å². The minimum absolute atomic E-state index is 1.17. The highest BCUT2D eigenvalue weighted by molar-refractivity contribution is 6.08. The molecule has 0 heteroatoms. The lowest BCUT2D eigenvalue weighted by molar-refractivity contribution is 1.69. The Bertz CT molecular complexity index is 1190. The van der Waals surface area contributed by atoms with E-state index in [1.54, 1.807) is 0 Å². The highest BCUT2D eigenvalue weighted by atomic mass is 14.1. The number of fused-ring (bicyclic) bond motifs is 3.